The second kappa shape index (κ2) is 7.53. The van der Waals surface area contributed by atoms with Crippen LogP contribution < -0.4 is 5.32 Å². The summed E-state index contributed by atoms with van der Waals surface area (Å²) in [5.74, 6) is 0.575. The number of hydrogen-bond acceptors (Lipinski definition) is 3. The minimum atomic E-state index is -0.0855. The van der Waals surface area contributed by atoms with Gasteiger partial charge in [0.15, 0.2) is 0 Å². The third-order valence-electron chi connectivity index (χ3n) is 2.42. The van der Waals surface area contributed by atoms with Gasteiger partial charge in [-0.05, 0) is 30.3 Å². The first-order valence-corrected chi connectivity index (χ1v) is 7.68. The fourth-order valence-corrected chi connectivity index (χ4v) is 2.75. The largest absolute Gasteiger partial charge is 0.325 e. The molecule has 0 bridgehead atoms. The van der Waals surface area contributed by atoms with Gasteiger partial charge in [-0.2, -0.15) is 0 Å². The number of aromatic nitrogens is 1. The standard InChI is InChI=1S/C14H12Cl2N2OS/c15-10-4-5-12(11(16)9-10)18-13(19)6-8-20-14-3-1-2-7-17-14/h1-5,7,9H,6,8H2,(H,18,19). The number of carbonyl (C=O) groups excluding carboxylic acids is 1. The summed E-state index contributed by atoms with van der Waals surface area (Å²) in [6.07, 6.45) is 2.12. The molecule has 0 aliphatic carbocycles. The highest BCUT2D eigenvalue weighted by Crippen LogP contribution is 2.25. The van der Waals surface area contributed by atoms with Crippen molar-refractivity contribution in [3.63, 3.8) is 0 Å². The van der Waals surface area contributed by atoms with Crippen LogP contribution >= 0.6 is 35.0 Å². The molecule has 2 aromatic rings. The Morgan fingerprint density at radius 3 is 2.80 bits per heavy atom. The van der Waals surface area contributed by atoms with Crippen LogP contribution in [0, 0.1) is 0 Å². The minimum Gasteiger partial charge on any atom is -0.325 e. The molecular weight excluding hydrogens is 315 g/mol. The molecule has 104 valence electrons. The SMILES string of the molecule is O=C(CCSc1ccccn1)Nc1ccc(Cl)cc1Cl. The number of anilines is 1. The Morgan fingerprint density at radius 2 is 2.10 bits per heavy atom. The van der Waals surface area contributed by atoms with Crippen molar-refractivity contribution >= 4 is 46.6 Å². The molecule has 20 heavy (non-hydrogen) atoms. The fraction of sp³-hybridized carbons (Fsp3) is 0.143. The summed E-state index contributed by atoms with van der Waals surface area (Å²) < 4.78 is 0. The van der Waals surface area contributed by atoms with E-state index in [2.05, 4.69) is 10.3 Å². The number of carbonyl (C=O) groups is 1. The zero-order chi connectivity index (χ0) is 14.4. The fourth-order valence-electron chi connectivity index (χ4n) is 1.48. The van der Waals surface area contributed by atoms with Crippen molar-refractivity contribution in [1.82, 2.24) is 4.98 Å². The summed E-state index contributed by atoms with van der Waals surface area (Å²) in [5.41, 5.74) is 0.573. The summed E-state index contributed by atoms with van der Waals surface area (Å²) in [4.78, 5) is 16.0. The molecule has 0 saturated carbocycles. The minimum absolute atomic E-state index is 0.0855. The molecule has 0 aliphatic heterocycles. The van der Waals surface area contributed by atoms with E-state index in [1.807, 2.05) is 18.2 Å². The van der Waals surface area contributed by atoms with Gasteiger partial charge in [-0.1, -0.05) is 29.3 Å². The van der Waals surface area contributed by atoms with E-state index in [0.29, 0.717) is 27.9 Å². The van der Waals surface area contributed by atoms with E-state index in [0.717, 1.165) is 5.03 Å². The van der Waals surface area contributed by atoms with Crippen molar-refractivity contribution < 1.29 is 4.79 Å². The number of rotatable bonds is 5. The lowest BCUT2D eigenvalue weighted by Gasteiger charge is -2.07. The normalized spacial score (nSPS) is 10.3. The van der Waals surface area contributed by atoms with E-state index >= 15 is 0 Å². The van der Waals surface area contributed by atoms with E-state index in [1.165, 1.54) is 11.8 Å². The van der Waals surface area contributed by atoms with Crippen molar-refractivity contribution in [3.05, 3.63) is 52.6 Å². The lowest BCUT2D eigenvalue weighted by molar-refractivity contribution is -0.115. The Hall–Kier alpha value is -1.23. The molecular formula is C14H12Cl2N2OS. The molecule has 1 aromatic heterocycles. The highest BCUT2D eigenvalue weighted by molar-refractivity contribution is 7.99. The zero-order valence-corrected chi connectivity index (χ0v) is 12.8. The van der Waals surface area contributed by atoms with Gasteiger partial charge in [-0.15, -0.1) is 11.8 Å². The highest BCUT2D eigenvalue weighted by atomic mass is 35.5. The lowest BCUT2D eigenvalue weighted by atomic mass is 10.3. The van der Waals surface area contributed by atoms with Crippen molar-refractivity contribution in [2.75, 3.05) is 11.1 Å². The van der Waals surface area contributed by atoms with Gasteiger partial charge in [0.05, 0.1) is 15.7 Å². The second-order valence-electron chi connectivity index (χ2n) is 3.94. The maximum Gasteiger partial charge on any atom is 0.225 e. The Balaban J connectivity index is 1.81. The molecule has 0 fully saturated rings. The van der Waals surface area contributed by atoms with Crippen molar-refractivity contribution in [2.45, 2.75) is 11.4 Å². The van der Waals surface area contributed by atoms with Crippen molar-refractivity contribution in [3.8, 4) is 0 Å². The quantitative estimate of drug-likeness (QED) is 0.822. The van der Waals surface area contributed by atoms with Crippen LogP contribution in [0.25, 0.3) is 0 Å². The van der Waals surface area contributed by atoms with E-state index in [-0.39, 0.29) is 5.91 Å². The molecule has 0 spiro atoms. The molecule has 0 saturated heterocycles. The van der Waals surface area contributed by atoms with Crippen LogP contribution in [0.5, 0.6) is 0 Å². The summed E-state index contributed by atoms with van der Waals surface area (Å²) in [5, 5.41) is 4.64. The maximum atomic E-state index is 11.8. The van der Waals surface area contributed by atoms with Gasteiger partial charge in [-0.3, -0.25) is 4.79 Å². The predicted molar refractivity (Wildman–Crippen MR) is 84.7 cm³/mol. The average Bonchev–Trinajstić information content (AvgIpc) is 2.43. The Kier molecular flexibility index (Phi) is 5.71. The molecule has 0 aliphatic rings. The number of nitrogens with zero attached hydrogens (tertiary/aromatic N) is 1. The van der Waals surface area contributed by atoms with Gasteiger partial charge in [-0.25, -0.2) is 4.98 Å². The van der Waals surface area contributed by atoms with Crippen molar-refractivity contribution in [2.24, 2.45) is 0 Å². The maximum absolute atomic E-state index is 11.8. The number of halogens is 2. The molecule has 1 heterocycles. The van der Waals surface area contributed by atoms with Gasteiger partial charge in [0.25, 0.3) is 0 Å². The highest BCUT2D eigenvalue weighted by Gasteiger charge is 2.06. The van der Waals surface area contributed by atoms with E-state index < -0.39 is 0 Å². The monoisotopic (exact) mass is 326 g/mol. The first-order valence-electron chi connectivity index (χ1n) is 5.94. The van der Waals surface area contributed by atoms with Crippen molar-refractivity contribution in [1.29, 1.82) is 0 Å². The zero-order valence-electron chi connectivity index (χ0n) is 10.5. The molecule has 3 nitrogen and oxygen atoms in total. The Labute approximate surface area is 131 Å². The number of amides is 1. The summed E-state index contributed by atoms with van der Waals surface area (Å²) in [6.45, 7) is 0. The van der Waals surface area contributed by atoms with E-state index in [9.17, 15) is 4.79 Å². The van der Waals surface area contributed by atoms with Crippen LogP contribution in [-0.2, 0) is 4.79 Å². The van der Waals surface area contributed by atoms with Gasteiger partial charge < -0.3 is 5.32 Å². The van der Waals surface area contributed by atoms with Crippen LogP contribution in [0.4, 0.5) is 5.69 Å². The van der Waals surface area contributed by atoms with Gasteiger partial charge in [0.2, 0.25) is 5.91 Å². The van der Waals surface area contributed by atoms with E-state index in [1.54, 1.807) is 24.4 Å². The summed E-state index contributed by atoms with van der Waals surface area (Å²) in [6, 6.07) is 10.7. The number of nitrogens with one attached hydrogen (secondary N) is 1. The third kappa shape index (κ3) is 4.71. The summed E-state index contributed by atoms with van der Waals surface area (Å²) in [7, 11) is 0. The first kappa shape index (κ1) is 15.2. The van der Waals surface area contributed by atoms with Gasteiger partial charge in [0, 0.05) is 23.4 Å². The topological polar surface area (TPSA) is 42.0 Å². The van der Waals surface area contributed by atoms with Gasteiger partial charge in [0.1, 0.15) is 0 Å². The third-order valence-corrected chi connectivity index (χ3v) is 3.92. The first-order chi connectivity index (χ1) is 9.65. The van der Waals surface area contributed by atoms with Crippen LogP contribution in [0.15, 0.2) is 47.6 Å². The molecule has 1 aromatic carbocycles. The lowest BCUT2D eigenvalue weighted by Crippen LogP contribution is -2.12. The van der Waals surface area contributed by atoms with Crippen LogP contribution in [0.2, 0.25) is 10.0 Å². The van der Waals surface area contributed by atoms with Crippen LogP contribution in [-0.4, -0.2) is 16.6 Å². The average molecular weight is 327 g/mol. The molecule has 0 radical (unpaired) electrons. The Morgan fingerprint density at radius 1 is 1.25 bits per heavy atom. The molecule has 1 N–H and O–H groups in total. The molecule has 6 heteroatoms. The smallest absolute Gasteiger partial charge is 0.225 e. The molecule has 0 atom stereocenters. The number of pyridine rings is 1. The number of thioether (sulfide) groups is 1. The Bertz CT molecular complexity index is 593. The molecule has 1 amide bonds. The molecule has 0 unspecified atom stereocenters. The molecule has 2 rings (SSSR count). The van der Waals surface area contributed by atoms with Crippen LogP contribution in [0.3, 0.4) is 0 Å². The predicted octanol–water partition coefficient (Wildman–Crippen LogP) is 4.51. The number of hydrogen-bond donors (Lipinski definition) is 1. The number of benzene rings is 1. The van der Waals surface area contributed by atoms with E-state index in [4.69, 9.17) is 23.2 Å². The van der Waals surface area contributed by atoms with Crippen LogP contribution in [0.1, 0.15) is 6.42 Å². The van der Waals surface area contributed by atoms with Gasteiger partial charge >= 0.3 is 0 Å². The summed E-state index contributed by atoms with van der Waals surface area (Å²) >= 11 is 13.3. The second-order valence-corrected chi connectivity index (χ2v) is 5.90.